The number of carbonyl (C=O) groups is 1. The van der Waals surface area contributed by atoms with Crippen molar-refractivity contribution in [2.45, 2.75) is 38.5 Å². The van der Waals surface area contributed by atoms with E-state index < -0.39 is 0 Å². The molecule has 3 nitrogen and oxygen atoms in total. The van der Waals surface area contributed by atoms with Gasteiger partial charge in [-0.3, -0.25) is 9.80 Å². The molecule has 1 aliphatic heterocycles. The Bertz CT molecular complexity index is 186. The van der Waals surface area contributed by atoms with E-state index in [0.29, 0.717) is 0 Å². The molecule has 0 aromatic rings. The Morgan fingerprint density at radius 2 is 2.00 bits per heavy atom. The normalized spacial score (nSPS) is 22.6. The SMILES string of the molecule is O=CN(CCCC1CC1)N1CCCC1. The van der Waals surface area contributed by atoms with Gasteiger partial charge in [0.05, 0.1) is 0 Å². The fourth-order valence-corrected chi connectivity index (χ4v) is 2.17. The van der Waals surface area contributed by atoms with Gasteiger partial charge in [-0.15, -0.1) is 0 Å². The van der Waals surface area contributed by atoms with Gasteiger partial charge in [-0.2, -0.15) is 0 Å². The van der Waals surface area contributed by atoms with Crippen LogP contribution in [0.4, 0.5) is 0 Å². The van der Waals surface area contributed by atoms with E-state index in [-0.39, 0.29) is 0 Å². The summed E-state index contributed by atoms with van der Waals surface area (Å²) in [6.07, 6.45) is 8.83. The molecule has 14 heavy (non-hydrogen) atoms. The molecule has 1 saturated carbocycles. The molecule has 0 aromatic heterocycles. The van der Waals surface area contributed by atoms with Gasteiger partial charge in [-0.05, 0) is 31.6 Å². The van der Waals surface area contributed by atoms with E-state index >= 15 is 0 Å². The van der Waals surface area contributed by atoms with Gasteiger partial charge >= 0.3 is 0 Å². The van der Waals surface area contributed by atoms with Gasteiger partial charge in [-0.1, -0.05) is 12.8 Å². The number of hydrazine groups is 1. The molecule has 1 heterocycles. The highest BCUT2D eigenvalue weighted by atomic mass is 16.1. The van der Waals surface area contributed by atoms with E-state index in [4.69, 9.17) is 0 Å². The Kier molecular flexibility index (Phi) is 3.40. The minimum absolute atomic E-state index is 0.931. The number of rotatable bonds is 6. The van der Waals surface area contributed by atoms with Crippen molar-refractivity contribution in [1.82, 2.24) is 10.0 Å². The summed E-state index contributed by atoms with van der Waals surface area (Å²) in [5.41, 5.74) is 0. The van der Waals surface area contributed by atoms with Gasteiger partial charge in [0.25, 0.3) is 0 Å². The van der Waals surface area contributed by atoms with Crippen LogP contribution in [0, 0.1) is 5.92 Å². The highest BCUT2D eigenvalue weighted by Crippen LogP contribution is 2.33. The molecule has 0 atom stereocenters. The van der Waals surface area contributed by atoms with Crippen molar-refractivity contribution in [2.24, 2.45) is 5.92 Å². The number of nitrogens with zero attached hydrogens (tertiary/aromatic N) is 2. The maximum absolute atomic E-state index is 10.9. The Balaban J connectivity index is 1.65. The lowest BCUT2D eigenvalue weighted by molar-refractivity contribution is -0.132. The van der Waals surface area contributed by atoms with Crippen LogP contribution in [0.15, 0.2) is 0 Å². The number of hydrogen-bond donors (Lipinski definition) is 0. The molecule has 0 spiro atoms. The van der Waals surface area contributed by atoms with E-state index in [1.165, 1.54) is 38.5 Å². The third-order valence-electron chi connectivity index (χ3n) is 3.26. The zero-order chi connectivity index (χ0) is 9.80. The third-order valence-corrected chi connectivity index (χ3v) is 3.26. The fourth-order valence-electron chi connectivity index (χ4n) is 2.17. The Hall–Kier alpha value is -0.570. The molecule has 2 fully saturated rings. The van der Waals surface area contributed by atoms with Crippen LogP contribution in [0.3, 0.4) is 0 Å². The van der Waals surface area contributed by atoms with Crippen molar-refractivity contribution in [2.75, 3.05) is 19.6 Å². The lowest BCUT2D eigenvalue weighted by atomic mass is 10.2. The van der Waals surface area contributed by atoms with Gasteiger partial charge in [0.2, 0.25) is 6.41 Å². The lowest BCUT2D eigenvalue weighted by Gasteiger charge is -2.27. The summed E-state index contributed by atoms with van der Waals surface area (Å²) in [6.45, 7) is 3.07. The molecule has 1 saturated heterocycles. The van der Waals surface area contributed by atoms with Crippen molar-refractivity contribution in [1.29, 1.82) is 0 Å². The predicted molar refractivity (Wildman–Crippen MR) is 55.5 cm³/mol. The van der Waals surface area contributed by atoms with Crippen LogP contribution in [-0.2, 0) is 4.79 Å². The lowest BCUT2D eigenvalue weighted by Crippen LogP contribution is -2.40. The summed E-state index contributed by atoms with van der Waals surface area (Å²) in [5, 5.41) is 4.08. The summed E-state index contributed by atoms with van der Waals surface area (Å²) in [7, 11) is 0. The Labute approximate surface area is 86.0 Å². The molecular formula is C11H20N2O. The van der Waals surface area contributed by atoms with Crippen LogP contribution in [0.25, 0.3) is 0 Å². The molecule has 0 radical (unpaired) electrons. The van der Waals surface area contributed by atoms with Crippen molar-refractivity contribution in [3.8, 4) is 0 Å². The average Bonchev–Trinajstić information content (AvgIpc) is 2.86. The van der Waals surface area contributed by atoms with E-state index in [1.807, 2.05) is 5.01 Å². The summed E-state index contributed by atoms with van der Waals surface area (Å²) in [4.78, 5) is 10.9. The van der Waals surface area contributed by atoms with Crippen LogP contribution >= 0.6 is 0 Å². The number of hydrogen-bond acceptors (Lipinski definition) is 2. The molecule has 1 amide bonds. The second-order valence-corrected chi connectivity index (χ2v) is 4.51. The van der Waals surface area contributed by atoms with E-state index in [0.717, 1.165) is 32.0 Å². The zero-order valence-electron chi connectivity index (χ0n) is 8.82. The standard InChI is InChI=1S/C11H20N2O/c14-10-13(12-7-1-2-8-12)9-3-4-11-5-6-11/h10-11H,1-9H2. The number of amides is 1. The maximum atomic E-state index is 10.9. The minimum Gasteiger partial charge on any atom is -0.278 e. The first kappa shape index (κ1) is 9.97. The van der Waals surface area contributed by atoms with E-state index in [9.17, 15) is 4.79 Å². The molecule has 80 valence electrons. The molecule has 2 aliphatic rings. The predicted octanol–water partition coefficient (Wildman–Crippen LogP) is 1.65. The van der Waals surface area contributed by atoms with Crippen LogP contribution in [0.2, 0.25) is 0 Å². The molecule has 2 rings (SSSR count). The Morgan fingerprint density at radius 3 is 2.57 bits per heavy atom. The highest BCUT2D eigenvalue weighted by molar-refractivity contribution is 5.46. The zero-order valence-corrected chi connectivity index (χ0v) is 8.82. The summed E-state index contributed by atoms with van der Waals surface area (Å²) < 4.78 is 0. The van der Waals surface area contributed by atoms with Gasteiger partial charge in [0.15, 0.2) is 0 Å². The third kappa shape index (κ3) is 2.71. The van der Waals surface area contributed by atoms with Crippen molar-refractivity contribution in [3.05, 3.63) is 0 Å². The van der Waals surface area contributed by atoms with Crippen molar-refractivity contribution in [3.63, 3.8) is 0 Å². The van der Waals surface area contributed by atoms with Gasteiger partial charge < -0.3 is 0 Å². The van der Waals surface area contributed by atoms with Crippen LogP contribution in [0.1, 0.15) is 38.5 Å². The van der Waals surface area contributed by atoms with Gasteiger partial charge in [0, 0.05) is 19.6 Å². The van der Waals surface area contributed by atoms with Crippen molar-refractivity contribution >= 4 is 6.41 Å². The van der Waals surface area contributed by atoms with Crippen LogP contribution in [-0.4, -0.2) is 36.1 Å². The van der Waals surface area contributed by atoms with Crippen LogP contribution in [0.5, 0.6) is 0 Å². The molecule has 0 bridgehead atoms. The van der Waals surface area contributed by atoms with E-state index in [2.05, 4.69) is 5.01 Å². The molecule has 0 aromatic carbocycles. The first-order chi connectivity index (χ1) is 6.90. The molecule has 3 heteroatoms. The highest BCUT2D eigenvalue weighted by Gasteiger charge is 2.22. The second kappa shape index (κ2) is 4.78. The molecule has 0 N–H and O–H groups in total. The first-order valence-electron chi connectivity index (χ1n) is 5.87. The monoisotopic (exact) mass is 196 g/mol. The second-order valence-electron chi connectivity index (χ2n) is 4.51. The maximum Gasteiger partial charge on any atom is 0.224 e. The largest absolute Gasteiger partial charge is 0.278 e. The van der Waals surface area contributed by atoms with Gasteiger partial charge in [-0.25, -0.2) is 5.01 Å². The topological polar surface area (TPSA) is 23.6 Å². The summed E-state index contributed by atoms with van der Waals surface area (Å²) in [6, 6.07) is 0. The summed E-state index contributed by atoms with van der Waals surface area (Å²) in [5.74, 6) is 0.988. The fraction of sp³-hybridized carbons (Fsp3) is 0.909. The average molecular weight is 196 g/mol. The molecular weight excluding hydrogens is 176 g/mol. The number of carbonyl (C=O) groups excluding carboxylic acids is 1. The Morgan fingerprint density at radius 1 is 1.29 bits per heavy atom. The minimum atomic E-state index is 0.931. The molecule has 0 unspecified atom stereocenters. The van der Waals surface area contributed by atoms with Crippen LogP contribution < -0.4 is 0 Å². The van der Waals surface area contributed by atoms with Crippen molar-refractivity contribution < 1.29 is 4.79 Å². The van der Waals surface area contributed by atoms with Gasteiger partial charge in [0.1, 0.15) is 0 Å². The molecule has 1 aliphatic carbocycles. The quantitative estimate of drug-likeness (QED) is 0.603. The first-order valence-corrected chi connectivity index (χ1v) is 5.87. The summed E-state index contributed by atoms with van der Waals surface area (Å²) >= 11 is 0. The smallest absolute Gasteiger partial charge is 0.224 e. The van der Waals surface area contributed by atoms with E-state index in [1.54, 1.807) is 0 Å².